The number of hydrogen-bond donors (Lipinski definition) is 2. The third-order valence-corrected chi connectivity index (χ3v) is 7.28. The third-order valence-electron chi connectivity index (χ3n) is 5.11. The zero-order valence-corrected chi connectivity index (χ0v) is 18.2. The molecule has 31 heavy (non-hydrogen) atoms. The number of benzene rings is 2. The van der Waals surface area contributed by atoms with Crippen LogP contribution in [0.25, 0.3) is 0 Å². The molecule has 4 rings (SSSR count). The largest absolute Gasteiger partial charge is 0.378 e. The van der Waals surface area contributed by atoms with Crippen LogP contribution in [0.3, 0.4) is 0 Å². The van der Waals surface area contributed by atoms with Crippen molar-refractivity contribution in [1.29, 1.82) is 0 Å². The second kappa shape index (κ2) is 9.04. The Morgan fingerprint density at radius 3 is 2.35 bits per heavy atom. The lowest BCUT2D eigenvalue weighted by Crippen LogP contribution is -2.50. The van der Waals surface area contributed by atoms with Gasteiger partial charge in [-0.2, -0.15) is 0 Å². The van der Waals surface area contributed by atoms with Crippen molar-refractivity contribution in [3.05, 3.63) is 71.7 Å². The number of piperazine rings is 1. The summed E-state index contributed by atoms with van der Waals surface area (Å²) in [5, 5.41) is 12.4. The fourth-order valence-corrected chi connectivity index (χ4v) is 5.21. The van der Waals surface area contributed by atoms with Crippen molar-refractivity contribution in [2.75, 3.05) is 35.8 Å². The molecule has 0 spiro atoms. The molecule has 1 aromatic heterocycles. The number of nitrogens with one attached hydrogen (secondary N) is 1. The second-order valence-corrected chi connectivity index (χ2v) is 9.64. The first-order valence-corrected chi connectivity index (χ1v) is 12.1. The molecule has 1 aliphatic rings. The summed E-state index contributed by atoms with van der Waals surface area (Å²) in [6.45, 7) is 2.15. The molecule has 1 fully saturated rings. The minimum atomic E-state index is -3.69. The van der Waals surface area contributed by atoms with E-state index < -0.39 is 16.1 Å². The van der Waals surface area contributed by atoms with Gasteiger partial charge >= 0.3 is 0 Å². The summed E-state index contributed by atoms with van der Waals surface area (Å²) in [6.07, 6.45) is 0.372. The number of rotatable bonds is 6. The van der Waals surface area contributed by atoms with Crippen LogP contribution >= 0.6 is 11.3 Å². The average Bonchev–Trinajstić information content (AvgIpc) is 3.31. The van der Waals surface area contributed by atoms with Gasteiger partial charge in [0.2, 0.25) is 0 Å². The predicted molar refractivity (Wildman–Crippen MR) is 124 cm³/mol. The van der Waals surface area contributed by atoms with E-state index in [4.69, 9.17) is 0 Å². The van der Waals surface area contributed by atoms with Crippen LogP contribution in [0, 0.1) is 0 Å². The van der Waals surface area contributed by atoms with Crippen LogP contribution in [0.15, 0.2) is 71.1 Å². The molecule has 0 saturated carbocycles. The molecule has 1 aliphatic heterocycles. The summed E-state index contributed by atoms with van der Waals surface area (Å²) in [5.41, 5.74) is 1.46. The van der Waals surface area contributed by atoms with E-state index in [1.165, 1.54) is 17.5 Å². The van der Waals surface area contributed by atoms with Gasteiger partial charge in [0.15, 0.2) is 11.2 Å². The van der Waals surface area contributed by atoms with Crippen molar-refractivity contribution in [2.24, 2.45) is 0 Å². The molecule has 2 N–H and O–H groups in total. The fraction of sp³-hybridized carbons (Fsp3) is 0.238. The number of nitrogens with zero attached hydrogens (tertiary/aromatic N) is 3. The highest BCUT2D eigenvalue weighted by molar-refractivity contribution is 7.93. The second-order valence-electron chi connectivity index (χ2n) is 7.06. The number of anilines is 2. The molecule has 0 radical (unpaired) electrons. The van der Waals surface area contributed by atoms with Gasteiger partial charge in [-0.05, 0) is 29.8 Å². The number of sulfonamides is 1. The maximum absolute atomic E-state index is 12.6. The van der Waals surface area contributed by atoms with E-state index in [1.807, 2.05) is 6.07 Å². The number of thiazole rings is 1. The molecule has 1 atom stereocenters. The number of amides is 1. The van der Waals surface area contributed by atoms with E-state index in [9.17, 15) is 18.3 Å². The van der Waals surface area contributed by atoms with Crippen LogP contribution in [0.4, 0.5) is 10.8 Å². The molecular formula is C21H26N4O4S2. The molecular weight excluding hydrogens is 436 g/mol. The lowest BCUT2D eigenvalue weighted by atomic mass is 10.1. The molecule has 10 heteroatoms. The Morgan fingerprint density at radius 2 is 1.74 bits per heavy atom. The molecule has 166 valence electrons. The van der Waals surface area contributed by atoms with Gasteiger partial charge in [-0.15, -0.1) is 11.3 Å². The van der Waals surface area contributed by atoms with E-state index in [-0.39, 0.29) is 13.7 Å². The normalized spacial score (nSPS) is 15.5. The maximum Gasteiger partial charge on any atom is 0.263 e. The van der Waals surface area contributed by atoms with E-state index in [1.54, 1.807) is 58.8 Å². The van der Waals surface area contributed by atoms with Gasteiger partial charge in [0.25, 0.3) is 15.9 Å². The quantitative estimate of drug-likeness (QED) is 0.584. The first kappa shape index (κ1) is 21.3. The zero-order valence-electron chi connectivity index (χ0n) is 16.6. The van der Waals surface area contributed by atoms with Gasteiger partial charge in [-0.3, -0.25) is 9.52 Å². The first-order chi connectivity index (χ1) is 14.9. The zero-order chi connectivity index (χ0) is 21.8. The van der Waals surface area contributed by atoms with Gasteiger partial charge in [0, 0.05) is 46.3 Å². The Hall–Kier alpha value is -2.95. The van der Waals surface area contributed by atoms with Gasteiger partial charge in [0.05, 0.1) is 4.90 Å². The summed E-state index contributed by atoms with van der Waals surface area (Å²) in [5.74, 6) is -0.305. The third kappa shape index (κ3) is 4.87. The number of aromatic nitrogens is 1. The molecule has 2 aromatic carbocycles. The Labute approximate surface area is 187 Å². The lowest BCUT2D eigenvalue weighted by Gasteiger charge is -2.37. The number of aliphatic hydroxyl groups excluding tert-OH is 1. The SMILES string of the molecule is O=C([C@H](O)c1ccccc1)N1CCN(c2ccc(S(=O)(=O)Nc3nccs3)cc2)CC1.[HH].[HH]. The smallest absolute Gasteiger partial charge is 0.263 e. The summed E-state index contributed by atoms with van der Waals surface area (Å²) < 4.78 is 27.4. The van der Waals surface area contributed by atoms with Crippen LogP contribution in [0.5, 0.6) is 0 Å². The molecule has 0 unspecified atom stereocenters. The van der Waals surface area contributed by atoms with Gasteiger partial charge in [-0.25, -0.2) is 13.4 Å². The van der Waals surface area contributed by atoms with Crippen molar-refractivity contribution < 1.29 is 21.2 Å². The predicted octanol–water partition coefficient (Wildman–Crippen LogP) is 2.82. The maximum atomic E-state index is 12.6. The summed E-state index contributed by atoms with van der Waals surface area (Å²) >= 11 is 1.21. The van der Waals surface area contributed by atoms with Crippen LogP contribution in [-0.2, 0) is 14.8 Å². The first-order valence-electron chi connectivity index (χ1n) is 9.73. The highest BCUT2D eigenvalue weighted by Gasteiger charge is 2.27. The van der Waals surface area contributed by atoms with Crippen molar-refractivity contribution in [1.82, 2.24) is 9.88 Å². The summed E-state index contributed by atoms with van der Waals surface area (Å²) in [4.78, 5) is 20.5. The minimum Gasteiger partial charge on any atom is -0.378 e. The van der Waals surface area contributed by atoms with Crippen LogP contribution in [-0.4, -0.2) is 55.5 Å². The van der Waals surface area contributed by atoms with Crippen molar-refractivity contribution in [2.45, 2.75) is 11.0 Å². The van der Waals surface area contributed by atoms with Crippen LogP contribution < -0.4 is 9.62 Å². The Bertz CT molecular complexity index is 1120. The monoisotopic (exact) mass is 462 g/mol. The highest BCUT2D eigenvalue weighted by atomic mass is 32.2. The Kier molecular flexibility index (Phi) is 6.21. The minimum absolute atomic E-state index is 0. The highest BCUT2D eigenvalue weighted by Crippen LogP contribution is 2.23. The molecule has 1 amide bonds. The number of carbonyl (C=O) groups is 1. The van der Waals surface area contributed by atoms with Gasteiger partial charge in [-0.1, -0.05) is 30.3 Å². The molecule has 3 aromatic rings. The molecule has 0 aliphatic carbocycles. The van der Waals surface area contributed by atoms with Crippen LogP contribution in [0.1, 0.15) is 14.5 Å². The van der Waals surface area contributed by atoms with Crippen LogP contribution in [0.2, 0.25) is 0 Å². The van der Waals surface area contributed by atoms with E-state index >= 15 is 0 Å². The number of aliphatic hydroxyl groups is 1. The topological polar surface area (TPSA) is 103 Å². The molecule has 2 heterocycles. The number of hydrogen-bond acceptors (Lipinski definition) is 7. The molecule has 1 saturated heterocycles. The summed E-state index contributed by atoms with van der Waals surface area (Å²) in [7, 11) is -3.69. The average molecular weight is 463 g/mol. The van der Waals surface area contributed by atoms with Gasteiger partial charge < -0.3 is 14.9 Å². The van der Waals surface area contributed by atoms with E-state index in [0.717, 1.165) is 5.69 Å². The van der Waals surface area contributed by atoms with E-state index in [2.05, 4.69) is 14.6 Å². The van der Waals surface area contributed by atoms with Crippen molar-refractivity contribution in [3.8, 4) is 0 Å². The lowest BCUT2D eigenvalue weighted by molar-refractivity contribution is -0.140. The molecule has 0 bridgehead atoms. The van der Waals surface area contributed by atoms with E-state index in [0.29, 0.717) is 36.9 Å². The van der Waals surface area contributed by atoms with Gasteiger partial charge in [0.1, 0.15) is 0 Å². The van der Waals surface area contributed by atoms with Crippen molar-refractivity contribution in [3.63, 3.8) is 0 Å². The Morgan fingerprint density at radius 1 is 1.06 bits per heavy atom. The standard InChI is InChI=1S/C21H22N4O4S2.2H2/c26-19(16-4-2-1-3-5-16)20(27)25-13-11-24(12-14-25)17-6-8-18(9-7-17)31(28,29)23-21-22-10-15-30-21;;/h1-10,15,19,26H,11-14H2,(H,22,23);2*1H/t19-;;/m1../s1. The fourth-order valence-electron chi connectivity index (χ4n) is 3.42. The van der Waals surface area contributed by atoms with Crippen molar-refractivity contribution >= 4 is 38.1 Å². The Balaban J connectivity index is 0.00000193. The molecule has 8 nitrogen and oxygen atoms in total. The summed E-state index contributed by atoms with van der Waals surface area (Å²) in [6, 6.07) is 15.5. The number of carbonyl (C=O) groups excluding carboxylic acids is 1.